The van der Waals surface area contributed by atoms with Gasteiger partial charge in [0.15, 0.2) is 5.16 Å². The maximum Gasteiger partial charge on any atom is 0.188 e. The SMILES string of the molecule is Cc1cc(C)nc(SC(C)CC(C)(CO)NC2CC2)n1. The lowest BCUT2D eigenvalue weighted by molar-refractivity contribution is 0.164. The van der Waals surface area contributed by atoms with Gasteiger partial charge in [-0.1, -0.05) is 18.7 Å². The average Bonchev–Trinajstić information content (AvgIpc) is 3.10. The van der Waals surface area contributed by atoms with Gasteiger partial charge in [-0.05, 0) is 46.1 Å². The molecule has 0 aliphatic heterocycles. The normalized spacial score (nSPS) is 19.6. The van der Waals surface area contributed by atoms with Gasteiger partial charge in [0.2, 0.25) is 0 Å². The smallest absolute Gasteiger partial charge is 0.188 e. The zero-order valence-corrected chi connectivity index (χ0v) is 13.6. The predicted octanol–water partition coefficient (Wildman–Crippen LogP) is 2.47. The minimum absolute atomic E-state index is 0.169. The van der Waals surface area contributed by atoms with Crippen LogP contribution in [0.4, 0.5) is 0 Å². The molecule has 2 unspecified atom stereocenters. The second-order valence-electron chi connectivity index (χ2n) is 6.20. The summed E-state index contributed by atoms with van der Waals surface area (Å²) in [5.41, 5.74) is 1.81. The van der Waals surface area contributed by atoms with Gasteiger partial charge in [0.05, 0.1) is 6.61 Å². The van der Waals surface area contributed by atoms with E-state index in [9.17, 15) is 5.11 Å². The molecule has 1 aliphatic carbocycles. The molecular formula is C15H25N3OS. The standard InChI is InChI=1S/C15H25N3OS/c1-10-7-11(2)17-14(16-10)20-12(3)8-15(4,9-19)18-13-5-6-13/h7,12-13,18-19H,5-6,8-9H2,1-4H3. The molecule has 0 spiro atoms. The van der Waals surface area contributed by atoms with E-state index in [1.54, 1.807) is 11.8 Å². The molecule has 2 N–H and O–H groups in total. The van der Waals surface area contributed by atoms with Crippen molar-refractivity contribution in [1.29, 1.82) is 0 Å². The van der Waals surface area contributed by atoms with E-state index in [1.165, 1.54) is 12.8 Å². The van der Waals surface area contributed by atoms with Crippen molar-refractivity contribution in [3.8, 4) is 0 Å². The molecule has 0 radical (unpaired) electrons. The molecule has 0 bridgehead atoms. The summed E-state index contributed by atoms with van der Waals surface area (Å²) in [7, 11) is 0. The van der Waals surface area contributed by atoms with E-state index in [0.29, 0.717) is 11.3 Å². The first-order chi connectivity index (χ1) is 9.40. The average molecular weight is 295 g/mol. The van der Waals surface area contributed by atoms with Crippen LogP contribution in [0.5, 0.6) is 0 Å². The van der Waals surface area contributed by atoms with Crippen LogP contribution in [0.1, 0.15) is 44.5 Å². The number of aliphatic hydroxyl groups is 1. The highest BCUT2D eigenvalue weighted by atomic mass is 32.2. The Kier molecular flexibility index (Phi) is 5.04. The highest BCUT2D eigenvalue weighted by Gasteiger charge is 2.33. The number of aliphatic hydroxyl groups excluding tert-OH is 1. The van der Waals surface area contributed by atoms with Gasteiger partial charge in [-0.3, -0.25) is 0 Å². The molecule has 1 aromatic rings. The van der Waals surface area contributed by atoms with Crippen LogP contribution in [0.2, 0.25) is 0 Å². The molecule has 2 rings (SSSR count). The van der Waals surface area contributed by atoms with Crippen molar-refractivity contribution in [3.05, 3.63) is 17.5 Å². The van der Waals surface area contributed by atoms with Crippen LogP contribution in [0, 0.1) is 13.8 Å². The van der Waals surface area contributed by atoms with E-state index >= 15 is 0 Å². The summed E-state index contributed by atoms with van der Waals surface area (Å²) in [6.45, 7) is 8.44. The third kappa shape index (κ3) is 4.72. The van der Waals surface area contributed by atoms with Crippen LogP contribution >= 0.6 is 11.8 Å². The number of thioether (sulfide) groups is 1. The third-order valence-electron chi connectivity index (χ3n) is 3.49. The van der Waals surface area contributed by atoms with Gasteiger partial charge in [0.1, 0.15) is 0 Å². The first-order valence-electron chi connectivity index (χ1n) is 7.28. The summed E-state index contributed by atoms with van der Waals surface area (Å²) in [5, 5.41) is 14.4. The van der Waals surface area contributed by atoms with Crippen molar-refractivity contribution in [2.24, 2.45) is 0 Å². The molecule has 4 nitrogen and oxygen atoms in total. The van der Waals surface area contributed by atoms with Crippen molar-refractivity contribution >= 4 is 11.8 Å². The minimum atomic E-state index is -0.202. The van der Waals surface area contributed by atoms with Gasteiger partial charge in [0.25, 0.3) is 0 Å². The summed E-state index contributed by atoms with van der Waals surface area (Å²) < 4.78 is 0. The number of hydrogen-bond acceptors (Lipinski definition) is 5. The van der Waals surface area contributed by atoms with Crippen molar-refractivity contribution < 1.29 is 5.11 Å². The lowest BCUT2D eigenvalue weighted by Crippen LogP contribution is -2.48. The predicted molar refractivity (Wildman–Crippen MR) is 83.1 cm³/mol. The molecule has 20 heavy (non-hydrogen) atoms. The second-order valence-corrected chi connectivity index (χ2v) is 7.61. The first kappa shape index (κ1) is 15.7. The number of hydrogen-bond donors (Lipinski definition) is 2. The molecule has 0 saturated heterocycles. The van der Waals surface area contributed by atoms with Gasteiger partial charge < -0.3 is 10.4 Å². The molecule has 1 saturated carbocycles. The number of aryl methyl sites for hydroxylation is 2. The topological polar surface area (TPSA) is 58.0 Å². The summed E-state index contributed by atoms with van der Waals surface area (Å²) in [6.07, 6.45) is 3.37. The molecule has 0 aromatic carbocycles. The monoisotopic (exact) mass is 295 g/mol. The van der Waals surface area contributed by atoms with E-state index in [4.69, 9.17) is 0 Å². The van der Waals surface area contributed by atoms with Gasteiger partial charge in [-0.15, -0.1) is 0 Å². The number of nitrogens with one attached hydrogen (secondary N) is 1. The van der Waals surface area contributed by atoms with Crippen LogP contribution in [0.3, 0.4) is 0 Å². The van der Waals surface area contributed by atoms with Crippen LogP contribution in [0.25, 0.3) is 0 Å². The lowest BCUT2D eigenvalue weighted by atomic mass is 9.97. The van der Waals surface area contributed by atoms with E-state index < -0.39 is 0 Å². The van der Waals surface area contributed by atoms with E-state index in [-0.39, 0.29) is 12.1 Å². The Morgan fingerprint density at radius 1 is 1.40 bits per heavy atom. The fourth-order valence-electron chi connectivity index (χ4n) is 2.49. The van der Waals surface area contributed by atoms with Gasteiger partial charge in [-0.2, -0.15) is 0 Å². The van der Waals surface area contributed by atoms with Crippen molar-refractivity contribution in [1.82, 2.24) is 15.3 Å². The molecule has 2 atom stereocenters. The van der Waals surface area contributed by atoms with Crippen LogP contribution < -0.4 is 5.32 Å². The summed E-state index contributed by atoms with van der Waals surface area (Å²) in [4.78, 5) is 8.94. The Labute approximate surface area is 125 Å². The van der Waals surface area contributed by atoms with Crippen molar-refractivity contribution in [3.63, 3.8) is 0 Å². The Hall–Kier alpha value is -0.650. The fourth-order valence-corrected chi connectivity index (χ4v) is 3.70. The van der Waals surface area contributed by atoms with E-state index in [2.05, 4.69) is 29.1 Å². The summed E-state index contributed by atoms with van der Waals surface area (Å²) in [5.74, 6) is 0. The van der Waals surface area contributed by atoms with Crippen LogP contribution in [-0.2, 0) is 0 Å². The van der Waals surface area contributed by atoms with Gasteiger partial charge >= 0.3 is 0 Å². The Morgan fingerprint density at radius 3 is 2.50 bits per heavy atom. The Bertz CT molecular complexity index is 444. The van der Waals surface area contributed by atoms with E-state index in [1.807, 2.05) is 19.9 Å². The number of rotatable bonds is 7. The molecule has 5 heteroatoms. The molecule has 0 amide bonds. The number of nitrogens with zero attached hydrogens (tertiary/aromatic N) is 2. The van der Waals surface area contributed by atoms with Crippen LogP contribution in [-0.4, -0.2) is 38.5 Å². The van der Waals surface area contributed by atoms with Gasteiger partial charge in [0, 0.05) is 28.2 Å². The Balaban J connectivity index is 1.94. The lowest BCUT2D eigenvalue weighted by Gasteiger charge is -2.31. The molecule has 1 fully saturated rings. The van der Waals surface area contributed by atoms with Crippen molar-refractivity contribution in [2.75, 3.05) is 6.61 Å². The van der Waals surface area contributed by atoms with E-state index in [0.717, 1.165) is 23.0 Å². The molecule has 1 heterocycles. The highest BCUT2D eigenvalue weighted by Crippen LogP contribution is 2.29. The zero-order valence-electron chi connectivity index (χ0n) is 12.8. The largest absolute Gasteiger partial charge is 0.394 e. The first-order valence-corrected chi connectivity index (χ1v) is 8.16. The third-order valence-corrected chi connectivity index (χ3v) is 4.45. The second kappa shape index (κ2) is 6.41. The van der Waals surface area contributed by atoms with Crippen molar-refractivity contribution in [2.45, 2.75) is 68.9 Å². The number of aromatic nitrogens is 2. The molecule has 112 valence electrons. The minimum Gasteiger partial charge on any atom is -0.394 e. The fraction of sp³-hybridized carbons (Fsp3) is 0.733. The quantitative estimate of drug-likeness (QED) is 0.598. The maximum absolute atomic E-state index is 9.66. The zero-order chi connectivity index (χ0) is 14.8. The summed E-state index contributed by atoms with van der Waals surface area (Å²) >= 11 is 1.69. The Morgan fingerprint density at radius 2 is 2.00 bits per heavy atom. The molecule has 1 aromatic heterocycles. The summed E-state index contributed by atoms with van der Waals surface area (Å²) in [6, 6.07) is 2.59. The van der Waals surface area contributed by atoms with Crippen LogP contribution in [0.15, 0.2) is 11.2 Å². The highest BCUT2D eigenvalue weighted by molar-refractivity contribution is 7.99. The molecule has 1 aliphatic rings. The van der Waals surface area contributed by atoms with Gasteiger partial charge in [-0.25, -0.2) is 9.97 Å². The molecular weight excluding hydrogens is 270 g/mol. The maximum atomic E-state index is 9.66.